The topological polar surface area (TPSA) is 70.2 Å². The van der Waals surface area contributed by atoms with E-state index in [1.165, 1.54) is 0 Å². The number of H-pyrrole nitrogens is 1. The lowest BCUT2D eigenvalue weighted by atomic mass is 10.1. The summed E-state index contributed by atoms with van der Waals surface area (Å²) in [6, 6.07) is 5.67. The van der Waals surface area contributed by atoms with Gasteiger partial charge in [0.2, 0.25) is 0 Å². The van der Waals surface area contributed by atoms with Gasteiger partial charge in [-0.3, -0.25) is 4.79 Å². The number of rotatable bonds is 4. The minimum Gasteiger partial charge on any atom is -0.374 e. The van der Waals surface area contributed by atoms with Crippen LogP contribution in [0.3, 0.4) is 0 Å². The molecule has 3 rings (SSSR count). The average molecular weight is 407 g/mol. The molecule has 134 valence electrons. The Kier molecular flexibility index (Phi) is 5.15. The summed E-state index contributed by atoms with van der Waals surface area (Å²) in [5.41, 5.74) is 1.30. The summed E-state index contributed by atoms with van der Waals surface area (Å²) in [6.07, 6.45) is 3.54. The molecule has 2 N–H and O–H groups in total. The number of benzene rings is 1. The lowest BCUT2D eigenvalue weighted by Gasteiger charge is -2.28. The number of hydrogen-bond acceptors (Lipinski definition) is 4. The van der Waals surface area contributed by atoms with Crippen molar-refractivity contribution in [3.05, 3.63) is 46.5 Å². The first kappa shape index (κ1) is 17.9. The van der Waals surface area contributed by atoms with E-state index in [-0.39, 0.29) is 17.6 Å². The number of aromatic amines is 1. The number of nitrogens with one attached hydrogen (secondary N) is 2. The van der Waals surface area contributed by atoms with Crippen molar-refractivity contribution in [2.24, 2.45) is 0 Å². The number of amides is 1. The van der Waals surface area contributed by atoms with Crippen LogP contribution < -0.4 is 10.2 Å². The SMILES string of the molecule is CC(C)(C)OCC1CN(Cc2ncc[nH]2)c2ccc(Br)cc2C(=O)N1. The first-order chi connectivity index (χ1) is 11.8. The van der Waals surface area contributed by atoms with Crippen LogP contribution >= 0.6 is 15.9 Å². The molecule has 1 atom stereocenters. The summed E-state index contributed by atoms with van der Waals surface area (Å²) < 4.78 is 6.78. The molecule has 0 spiro atoms. The molecule has 6 nitrogen and oxygen atoms in total. The van der Waals surface area contributed by atoms with Gasteiger partial charge in [0.1, 0.15) is 5.82 Å². The van der Waals surface area contributed by atoms with Crippen LogP contribution in [0.1, 0.15) is 37.0 Å². The maximum absolute atomic E-state index is 12.7. The van der Waals surface area contributed by atoms with Gasteiger partial charge in [-0.1, -0.05) is 15.9 Å². The van der Waals surface area contributed by atoms with Crippen molar-refractivity contribution in [3.63, 3.8) is 0 Å². The van der Waals surface area contributed by atoms with E-state index in [2.05, 4.69) is 36.1 Å². The van der Waals surface area contributed by atoms with E-state index in [0.29, 0.717) is 25.3 Å². The Morgan fingerprint density at radius 2 is 2.20 bits per heavy atom. The first-order valence-corrected chi connectivity index (χ1v) is 9.09. The Balaban J connectivity index is 1.88. The minimum absolute atomic E-state index is 0.0826. The third-order valence-electron chi connectivity index (χ3n) is 3.93. The zero-order chi connectivity index (χ0) is 18.0. The molecule has 0 saturated heterocycles. The minimum atomic E-state index is -0.251. The number of fused-ring (bicyclic) bond motifs is 1. The zero-order valence-electron chi connectivity index (χ0n) is 14.7. The summed E-state index contributed by atoms with van der Waals surface area (Å²) in [5, 5.41) is 3.09. The molecule has 2 heterocycles. The van der Waals surface area contributed by atoms with Gasteiger partial charge in [-0.2, -0.15) is 0 Å². The third kappa shape index (κ3) is 4.61. The molecule has 0 bridgehead atoms. The summed E-state index contributed by atoms with van der Waals surface area (Å²) >= 11 is 3.45. The Bertz CT molecular complexity index is 740. The second-order valence-corrected chi connectivity index (χ2v) is 8.09. The predicted molar refractivity (Wildman–Crippen MR) is 101 cm³/mol. The Morgan fingerprint density at radius 3 is 2.88 bits per heavy atom. The van der Waals surface area contributed by atoms with Crippen molar-refractivity contribution in [2.45, 2.75) is 39.0 Å². The second-order valence-electron chi connectivity index (χ2n) is 7.17. The molecule has 2 aromatic rings. The van der Waals surface area contributed by atoms with Gasteiger partial charge in [0, 0.05) is 23.4 Å². The van der Waals surface area contributed by atoms with E-state index < -0.39 is 0 Å². The van der Waals surface area contributed by atoms with Crippen LogP contribution in [0, 0.1) is 0 Å². The molecule has 7 heteroatoms. The predicted octanol–water partition coefficient (Wildman–Crippen LogP) is 3.11. The number of nitrogens with zero attached hydrogens (tertiary/aromatic N) is 2. The molecule has 0 fully saturated rings. The van der Waals surface area contributed by atoms with Gasteiger partial charge in [-0.15, -0.1) is 0 Å². The monoisotopic (exact) mass is 406 g/mol. The Hall–Kier alpha value is -1.86. The van der Waals surface area contributed by atoms with Crippen LogP contribution in [-0.4, -0.2) is 40.7 Å². The van der Waals surface area contributed by atoms with E-state index in [4.69, 9.17) is 4.74 Å². The third-order valence-corrected chi connectivity index (χ3v) is 4.43. The molecule has 0 saturated carbocycles. The van der Waals surface area contributed by atoms with Crippen molar-refractivity contribution >= 4 is 27.5 Å². The van der Waals surface area contributed by atoms with Crippen LogP contribution in [0.4, 0.5) is 5.69 Å². The highest BCUT2D eigenvalue weighted by atomic mass is 79.9. The second kappa shape index (κ2) is 7.17. The molecule has 0 radical (unpaired) electrons. The Morgan fingerprint density at radius 1 is 1.40 bits per heavy atom. The molecule has 1 aromatic heterocycles. The number of halogens is 1. The van der Waals surface area contributed by atoms with Gasteiger partial charge in [-0.25, -0.2) is 4.98 Å². The molecular weight excluding hydrogens is 384 g/mol. The molecule has 1 aliphatic rings. The quantitative estimate of drug-likeness (QED) is 0.817. The van der Waals surface area contributed by atoms with Gasteiger partial charge < -0.3 is 19.9 Å². The van der Waals surface area contributed by atoms with Gasteiger partial charge in [0.25, 0.3) is 5.91 Å². The lowest BCUT2D eigenvalue weighted by Crippen LogP contribution is -2.45. The highest BCUT2D eigenvalue weighted by molar-refractivity contribution is 9.10. The number of aromatic nitrogens is 2. The number of anilines is 1. The largest absolute Gasteiger partial charge is 0.374 e. The van der Waals surface area contributed by atoms with E-state index in [9.17, 15) is 4.79 Å². The molecule has 1 unspecified atom stereocenters. The van der Waals surface area contributed by atoms with E-state index in [1.54, 1.807) is 12.4 Å². The van der Waals surface area contributed by atoms with Crippen molar-refractivity contribution in [2.75, 3.05) is 18.1 Å². The summed E-state index contributed by atoms with van der Waals surface area (Å²) in [7, 11) is 0. The molecular formula is C18H23BrN4O2. The highest BCUT2D eigenvalue weighted by Crippen LogP contribution is 2.28. The van der Waals surface area contributed by atoms with Crippen molar-refractivity contribution < 1.29 is 9.53 Å². The number of hydrogen-bond donors (Lipinski definition) is 2. The molecule has 1 aliphatic heterocycles. The smallest absolute Gasteiger partial charge is 0.253 e. The lowest BCUT2D eigenvalue weighted by molar-refractivity contribution is -0.0129. The highest BCUT2D eigenvalue weighted by Gasteiger charge is 2.28. The summed E-state index contributed by atoms with van der Waals surface area (Å²) in [5.74, 6) is 0.777. The average Bonchev–Trinajstić information content (AvgIpc) is 2.99. The summed E-state index contributed by atoms with van der Waals surface area (Å²) in [6.45, 7) is 7.74. The number of ether oxygens (including phenoxy) is 1. The fourth-order valence-corrected chi connectivity index (χ4v) is 3.16. The van der Waals surface area contributed by atoms with Crippen LogP contribution in [0.2, 0.25) is 0 Å². The Labute approximate surface area is 156 Å². The van der Waals surface area contributed by atoms with E-state index in [1.807, 2.05) is 39.0 Å². The van der Waals surface area contributed by atoms with Crippen molar-refractivity contribution in [1.82, 2.24) is 15.3 Å². The maximum atomic E-state index is 12.7. The van der Waals surface area contributed by atoms with Crippen LogP contribution in [0.5, 0.6) is 0 Å². The van der Waals surface area contributed by atoms with Crippen LogP contribution in [0.15, 0.2) is 35.1 Å². The fourth-order valence-electron chi connectivity index (χ4n) is 2.80. The molecule has 0 aliphatic carbocycles. The fraction of sp³-hybridized carbons (Fsp3) is 0.444. The number of carbonyl (C=O) groups excluding carboxylic acids is 1. The van der Waals surface area contributed by atoms with Gasteiger partial charge >= 0.3 is 0 Å². The molecule has 1 amide bonds. The van der Waals surface area contributed by atoms with E-state index >= 15 is 0 Å². The van der Waals surface area contributed by atoms with Gasteiger partial charge in [-0.05, 0) is 39.0 Å². The van der Waals surface area contributed by atoms with Crippen molar-refractivity contribution in [1.29, 1.82) is 0 Å². The van der Waals surface area contributed by atoms with Crippen LogP contribution in [0.25, 0.3) is 0 Å². The molecule has 25 heavy (non-hydrogen) atoms. The van der Waals surface area contributed by atoms with Crippen molar-refractivity contribution in [3.8, 4) is 0 Å². The van der Waals surface area contributed by atoms with Crippen LogP contribution in [-0.2, 0) is 11.3 Å². The van der Waals surface area contributed by atoms with Gasteiger partial charge in [0.05, 0.1) is 36.0 Å². The standard InChI is InChI=1S/C18H23BrN4O2/c1-18(2,3)25-11-13-9-23(10-16-20-6-7-21-16)15-5-4-12(19)8-14(15)17(24)22-13/h4-8,13H,9-11H2,1-3H3,(H,20,21)(H,22,24). The zero-order valence-corrected chi connectivity index (χ0v) is 16.3. The molecule has 1 aromatic carbocycles. The number of imidazole rings is 1. The van der Waals surface area contributed by atoms with E-state index in [0.717, 1.165) is 16.0 Å². The summed E-state index contributed by atoms with van der Waals surface area (Å²) in [4.78, 5) is 22.3. The van der Waals surface area contributed by atoms with Gasteiger partial charge in [0.15, 0.2) is 0 Å². The number of carbonyl (C=O) groups is 1. The normalized spacial score (nSPS) is 17.8. The first-order valence-electron chi connectivity index (χ1n) is 8.29. The maximum Gasteiger partial charge on any atom is 0.253 e.